The predicted molar refractivity (Wildman–Crippen MR) is 68.0 cm³/mol. The first-order valence-electron chi connectivity index (χ1n) is 5.20. The molecule has 0 bridgehead atoms. The SMILES string of the molecule is CCC(C)(C)S(=O)/C=C\c1ccccc1. The van der Waals surface area contributed by atoms with Gasteiger partial charge in [0.1, 0.15) is 0 Å². The van der Waals surface area contributed by atoms with E-state index in [1.807, 2.05) is 50.3 Å². The molecule has 0 aromatic heterocycles. The van der Waals surface area contributed by atoms with Gasteiger partial charge in [0, 0.05) is 10.2 Å². The van der Waals surface area contributed by atoms with E-state index in [-0.39, 0.29) is 4.75 Å². The van der Waals surface area contributed by atoms with Gasteiger partial charge in [-0.2, -0.15) is 0 Å². The quantitative estimate of drug-likeness (QED) is 0.761. The third-order valence-corrected chi connectivity index (χ3v) is 4.34. The Morgan fingerprint density at radius 1 is 1.27 bits per heavy atom. The minimum atomic E-state index is -0.911. The van der Waals surface area contributed by atoms with Crippen molar-refractivity contribution in [2.75, 3.05) is 0 Å². The van der Waals surface area contributed by atoms with Crippen LogP contribution in [0.3, 0.4) is 0 Å². The number of rotatable bonds is 4. The number of hydrogen-bond donors (Lipinski definition) is 0. The Morgan fingerprint density at radius 3 is 2.40 bits per heavy atom. The average Bonchev–Trinajstić information content (AvgIpc) is 2.27. The summed E-state index contributed by atoms with van der Waals surface area (Å²) in [4.78, 5) is 0. The summed E-state index contributed by atoms with van der Waals surface area (Å²) in [6, 6.07) is 9.95. The number of benzene rings is 1. The average molecular weight is 222 g/mol. The van der Waals surface area contributed by atoms with Gasteiger partial charge in [0.25, 0.3) is 0 Å². The van der Waals surface area contributed by atoms with E-state index in [0.29, 0.717) is 0 Å². The van der Waals surface area contributed by atoms with Crippen molar-refractivity contribution in [1.82, 2.24) is 0 Å². The summed E-state index contributed by atoms with van der Waals surface area (Å²) in [5.41, 5.74) is 1.10. The molecule has 0 fully saturated rings. The second kappa shape index (κ2) is 5.26. The predicted octanol–water partition coefficient (Wildman–Crippen LogP) is 3.59. The smallest absolute Gasteiger partial charge is 0.0512 e. The lowest BCUT2D eigenvalue weighted by Gasteiger charge is -2.18. The molecule has 15 heavy (non-hydrogen) atoms. The van der Waals surface area contributed by atoms with Crippen LogP contribution in [0.1, 0.15) is 32.8 Å². The third kappa shape index (κ3) is 3.63. The first-order valence-corrected chi connectivity index (χ1v) is 6.41. The van der Waals surface area contributed by atoms with Gasteiger partial charge in [-0.1, -0.05) is 37.3 Å². The Kier molecular flexibility index (Phi) is 4.28. The number of hydrogen-bond acceptors (Lipinski definition) is 1. The van der Waals surface area contributed by atoms with E-state index in [0.717, 1.165) is 12.0 Å². The molecule has 0 amide bonds. The van der Waals surface area contributed by atoms with Gasteiger partial charge in [0.2, 0.25) is 0 Å². The molecule has 2 heteroatoms. The maximum Gasteiger partial charge on any atom is 0.0512 e. The Morgan fingerprint density at radius 2 is 1.87 bits per heavy atom. The van der Waals surface area contributed by atoms with Gasteiger partial charge < -0.3 is 0 Å². The Bertz CT molecular complexity index is 352. The van der Waals surface area contributed by atoms with Crippen LogP contribution >= 0.6 is 0 Å². The monoisotopic (exact) mass is 222 g/mol. The van der Waals surface area contributed by atoms with Crippen molar-refractivity contribution in [3.63, 3.8) is 0 Å². The molecule has 0 spiro atoms. The molecule has 0 N–H and O–H groups in total. The lowest BCUT2D eigenvalue weighted by atomic mass is 10.1. The molecule has 0 heterocycles. The van der Waals surface area contributed by atoms with E-state index in [1.165, 1.54) is 0 Å². The molecule has 1 aromatic rings. The van der Waals surface area contributed by atoms with Gasteiger partial charge in [-0.3, -0.25) is 4.21 Å². The summed E-state index contributed by atoms with van der Waals surface area (Å²) >= 11 is 0. The van der Waals surface area contributed by atoms with Crippen molar-refractivity contribution in [2.24, 2.45) is 0 Å². The van der Waals surface area contributed by atoms with E-state index in [9.17, 15) is 4.21 Å². The highest BCUT2D eigenvalue weighted by atomic mass is 32.2. The van der Waals surface area contributed by atoms with Crippen LogP contribution < -0.4 is 0 Å². The van der Waals surface area contributed by atoms with Crippen molar-refractivity contribution >= 4 is 16.9 Å². The van der Waals surface area contributed by atoms with E-state index < -0.39 is 10.8 Å². The fourth-order valence-corrected chi connectivity index (χ4v) is 1.96. The zero-order valence-corrected chi connectivity index (χ0v) is 10.4. The normalized spacial score (nSPS) is 14.3. The first-order chi connectivity index (χ1) is 7.06. The van der Waals surface area contributed by atoms with Crippen molar-refractivity contribution in [2.45, 2.75) is 31.9 Å². The molecule has 0 radical (unpaired) electrons. The second-order valence-electron chi connectivity index (χ2n) is 4.12. The summed E-state index contributed by atoms with van der Waals surface area (Å²) in [6.07, 6.45) is 2.84. The van der Waals surface area contributed by atoms with Crippen LogP contribution in [0.2, 0.25) is 0 Å². The van der Waals surface area contributed by atoms with Crippen LogP contribution in [0.15, 0.2) is 35.7 Å². The van der Waals surface area contributed by atoms with Crippen LogP contribution in [0.4, 0.5) is 0 Å². The van der Waals surface area contributed by atoms with E-state index in [1.54, 1.807) is 5.41 Å². The molecular weight excluding hydrogens is 204 g/mol. The van der Waals surface area contributed by atoms with Gasteiger partial charge >= 0.3 is 0 Å². The van der Waals surface area contributed by atoms with Gasteiger partial charge in [-0.05, 0) is 31.9 Å². The standard InChI is InChI=1S/C13H18OS/c1-4-13(2,3)15(14)11-10-12-8-6-5-7-9-12/h5-11H,4H2,1-3H3/b11-10-. The van der Waals surface area contributed by atoms with Crippen LogP contribution in [0.25, 0.3) is 6.08 Å². The summed E-state index contributed by atoms with van der Waals surface area (Å²) in [6.45, 7) is 6.12. The van der Waals surface area contributed by atoms with E-state index in [2.05, 4.69) is 6.92 Å². The van der Waals surface area contributed by atoms with Crippen molar-refractivity contribution < 1.29 is 4.21 Å². The molecule has 1 aromatic carbocycles. The lowest BCUT2D eigenvalue weighted by Crippen LogP contribution is -2.23. The van der Waals surface area contributed by atoms with Crippen LogP contribution in [-0.2, 0) is 10.8 Å². The van der Waals surface area contributed by atoms with Crippen LogP contribution in [0, 0.1) is 0 Å². The highest BCUT2D eigenvalue weighted by Crippen LogP contribution is 2.18. The molecule has 1 nitrogen and oxygen atoms in total. The largest absolute Gasteiger partial charge is 0.254 e. The zero-order valence-electron chi connectivity index (χ0n) is 9.57. The van der Waals surface area contributed by atoms with E-state index >= 15 is 0 Å². The summed E-state index contributed by atoms with van der Waals surface area (Å²) in [7, 11) is -0.911. The molecule has 0 aliphatic rings. The Balaban J connectivity index is 2.71. The maximum absolute atomic E-state index is 11.9. The maximum atomic E-state index is 11.9. The van der Waals surface area contributed by atoms with Crippen molar-refractivity contribution in [1.29, 1.82) is 0 Å². The summed E-state index contributed by atoms with van der Waals surface area (Å²) in [5, 5.41) is 1.79. The van der Waals surface area contributed by atoms with Crippen LogP contribution in [0.5, 0.6) is 0 Å². The van der Waals surface area contributed by atoms with Gasteiger partial charge in [0.05, 0.1) is 10.8 Å². The lowest BCUT2D eigenvalue weighted by molar-refractivity contribution is 0.620. The minimum absolute atomic E-state index is 0.134. The van der Waals surface area contributed by atoms with Gasteiger partial charge in [0.15, 0.2) is 0 Å². The molecular formula is C13H18OS. The Labute approximate surface area is 94.7 Å². The summed E-state index contributed by atoms with van der Waals surface area (Å²) in [5.74, 6) is 0. The molecule has 1 rings (SSSR count). The molecule has 82 valence electrons. The summed E-state index contributed by atoms with van der Waals surface area (Å²) < 4.78 is 11.8. The van der Waals surface area contributed by atoms with Gasteiger partial charge in [-0.15, -0.1) is 0 Å². The molecule has 1 unspecified atom stereocenters. The zero-order chi connectivity index (χ0) is 11.3. The second-order valence-corrected chi connectivity index (χ2v) is 6.10. The highest BCUT2D eigenvalue weighted by molar-refractivity contribution is 7.89. The highest BCUT2D eigenvalue weighted by Gasteiger charge is 2.20. The van der Waals surface area contributed by atoms with Crippen LogP contribution in [-0.4, -0.2) is 8.96 Å². The molecule has 0 saturated heterocycles. The van der Waals surface area contributed by atoms with Crippen molar-refractivity contribution in [3.8, 4) is 0 Å². The fourth-order valence-electron chi connectivity index (χ4n) is 1.03. The van der Waals surface area contributed by atoms with E-state index in [4.69, 9.17) is 0 Å². The molecule has 0 aliphatic carbocycles. The Hall–Kier alpha value is -0.890. The molecule has 0 aliphatic heterocycles. The van der Waals surface area contributed by atoms with Gasteiger partial charge in [-0.25, -0.2) is 0 Å². The first kappa shape index (κ1) is 12.2. The van der Waals surface area contributed by atoms with Crippen molar-refractivity contribution in [3.05, 3.63) is 41.3 Å². The topological polar surface area (TPSA) is 17.1 Å². The molecule has 0 saturated carbocycles. The fraction of sp³-hybridized carbons (Fsp3) is 0.385. The third-order valence-electron chi connectivity index (χ3n) is 2.58. The molecule has 1 atom stereocenters. The minimum Gasteiger partial charge on any atom is -0.254 e.